The van der Waals surface area contributed by atoms with Crippen molar-refractivity contribution < 1.29 is 15.0 Å². The van der Waals surface area contributed by atoms with Gasteiger partial charge in [0.15, 0.2) is 0 Å². The van der Waals surface area contributed by atoms with Gasteiger partial charge in [0.1, 0.15) is 11.8 Å². The van der Waals surface area contributed by atoms with E-state index in [1.54, 1.807) is 12.3 Å². The molecule has 2 aromatic carbocycles. The van der Waals surface area contributed by atoms with Crippen LogP contribution < -0.4 is 4.90 Å². The number of anilines is 1. The van der Waals surface area contributed by atoms with Crippen molar-refractivity contribution in [2.24, 2.45) is 0 Å². The van der Waals surface area contributed by atoms with Crippen molar-refractivity contribution in [1.82, 2.24) is 4.98 Å². The van der Waals surface area contributed by atoms with Gasteiger partial charge in [-0.2, -0.15) is 0 Å². The van der Waals surface area contributed by atoms with Crippen molar-refractivity contribution in [2.45, 2.75) is 25.4 Å². The second-order valence-electron chi connectivity index (χ2n) is 6.99. The fraction of sp³-hybridized carbons (Fsp3) is 0.250. The maximum absolute atomic E-state index is 11.9. The van der Waals surface area contributed by atoms with Gasteiger partial charge in [0.05, 0.1) is 11.9 Å². The van der Waals surface area contributed by atoms with Gasteiger partial charge in [-0.15, -0.1) is 0 Å². The molecule has 1 radical (unpaired) electrons. The molecule has 3 aromatic rings. The van der Waals surface area contributed by atoms with E-state index in [2.05, 4.69) is 9.88 Å². The molecule has 2 heterocycles. The molecule has 0 amide bonds. The molecule has 0 aliphatic carbocycles. The van der Waals surface area contributed by atoms with Crippen LogP contribution in [-0.4, -0.2) is 29.1 Å². The number of carboxylic acids is 1. The van der Waals surface area contributed by atoms with E-state index in [-0.39, 0.29) is 5.69 Å². The molecule has 1 saturated heterocycles. The third-order valence-electron chi connectivity index (χ3n) is 4.87. The zero-order valence-electron chi connectivity index (χ0n) is 16.3. The number of carbonyl (C=O) groups is 1. The summed E-state index contributed by atoms with van der Waals surface area (Å²) in [6, 6.07) is 22.8. The van der Waals surface area contributed by atoms with Gasteiger partial charge in [0.25, 0.3) is 0 Å². The average Bonchev–Trinajstić information content (AvgIpc) is 3.31. The monoisotopic (exact) mass is 389 g/mol. The standard InChI is InChI=1S/C14H13O.C10H12N2O2/c15-14(13-9-5-2-6-10-13)11-12-7-3-1-4-8-12;13-10(14)9-4-3-8(7-11-9)12-5-1-2-6-12/h1-10,14H,11H2;3-4,7H,1-2,5-6H2,(H,13,14). The van der Waals surface area contributed by atoms with E-state index in [4.69, 9.17) is 5.11 Å². The third-order valence-corrected chi connectivity index (χ3v) is 4.87. The van der Waals surface area contributed by atoms with Crippen LogP contribution in [0.4, 0.5) is 5.69 Å². The first-order valence-corrected chi connectivity index (χ1v) is 9.82. The van der Waals surface area contributed by atoms with E-state index in [9.17, 15) is 9.90 Å². The van der Waals surface area contributed by atoms with E-state index < -0.39 is 12.1 Å². The Hall–Kier alpha value is -3.18. The molecule has 1 aliphatic rings. The Morgan fingerprint density at radius 2 is 1.55 bits per heavy atom. The summed E-state index contributed by atoms with van der Waals surface area (Å²) < 4.78 is 0. The van der Waals surface area contributed by atoms with E-state index in [1.807, 2.05) is 66.7 Å². The molecule has 1 unspecified atom stereocenters. The molecule has 4 rings (SSSR count). The topological polar surface area (TPSA) is 73.3 Å². The van der Waals surface area contributed by atoms with E-state index >= 15 is 0 Å². The van der Waals surface area contributed by atoms with Crippen molar-refractivity contribution in [2.75, 3.05) is 18.0 Å². The van der Waals surface area contributed by atoms with Gasteiger partial charge in [-0.25, -0.2) is 14.9 Å². The van der Waals surface area contributed by atoms with E-state index in [0.29, 0.717) is 6.42 Å². The first-order chi connectivity index (χ1) is 14.1. The Bertz CT molecular complexity index is 877. The molecular weight excluding hydrogens is 364 g/mol. The smallest absolute Gasteiger partial charge is 0.354 e. The molecule has 1 atom stereocenters. The second-order valence-corrected chi connectivity index (χ2v) is 6.99. The molecule has 1 fully saturated rings. The molecule has 1 aromatic heterocycles. The Morgan fingerprint density at radius 3 is 2.10 bits per heavy atom. The Balaban J connectivity index is 0.000000166. The lowest BCUT2D eigenvalue weighted by atomic mass is 10.0. The van der Waals surface area contributed by atoms with Gasteiger partial charge in [0, 0.05) is 19.5 Å². The third kappa shape index (κ3) is 6.16. The molecular formula is C24H25N2O3. The first-order valence-electron chi connectivity index (χ1n) is 9.82. The summed E-state index contributed by atoms with van der Waals surface area (Å²) in [4.78, 5) is 16.7. The van der Waals surface area contributed by atoms with Crippen molar-refractivity contribution in [3.8, 4) is 0 Å². The molecule has 1 N–H and O–H groups in total. The Morgan fingerprint density at radius 1 is 0.931 bits per heavy atom. The van der Waals surface area contributed by atoms with Crippen LogP contribution in [0.2, 0.25) is 0 Å². The van der Waals surface area contributed by atoms with Gasteiger partial charge in [0.2, 0.25) is 0 Å². The van der Waals surface area contributed by atoms with Crippen LogP contribution in [0.25, 0.3) is 0 Å². The minimum absolute atomic E-state index is 0.105. The van der Waals surface area contributed by atoms with Gasteiger partial charge < -0.3 is 10.0 Å². The van der Waals surface area contributed by atoms with Crippen LogP contribution in [-0.2, 0) is 11.5 Å². The minimum Gasteiger partial charge on any atom is -0.477 e. The Labute approximate surface area is 171 Å². The van der Waals surface area contributed by atoms with Crippen LogP contribution in [0.1, 0.15) is 40.6 Å². The molecule has 0 bridgehead atoms. The molecule has 5 nitrogen and oxygen atoms in total. The number of carboxylic acid groups (broad SMARTS) is 1. The lowest BCUT2D eigenvalue weighted by Crippen LogP contribution is -2.17. The van der Waals surface area contributed by atoms with Gasteiger partial charge in [-0.05, 0) is 36.1 Å². The van der Waals surface area contributed by atoms with Crippen LogP contribution in [0.5, 0.6) is 0 Å². The lowest BCUT2D eigenvalue weighted by Gasteiger charge is -2.16. The number of benzene rings is 2. The van der Waals surface area contributed by atoms with E-state index in [0.717, 1.165) is 29.9 Å². The van der Waals surface area contributed by atoms with Crippen molar-refractivity contribution in [1.29, 1.82) is 0 Å². The van der Waals surface area contributed by atoms with E-state index in [1.165, 1.54) is 12.8 Å². The molecule has 29 heavy (non-hydrogen) atoms. The number of aromatic carboxylic acids is 1. The highest BCUT2D eigenvalue weighted by atomic mass is 16.4. The molecule has 0 spiro atoms. The number of rotatable bonds is 5. The number of nitrogens with zero attached hydrogens (tertiary/aromatic N) is 2. The van der Waals surface area contributed by atoms with Gasteiger partial charge in [-0.3, -0.25) is 0 Å². The molecule has 5 heteroatoms. The highest BCUT2D eigenvalue weighted by molar-refractivity contribution is 5.85. The summed E-state index contributed by atoms with van der Waals surface area (Å²) in [5.74, 6) is -0.974. The van der Waals surface area contributed by atoms with Gasteiger partial charge >= 0.3 is 5.97 Å². The lowest BCUT2D eigenvalue weighted by molar-refractivity contribution is 0.0690. The van der Waals surface area contributed by atoms with Gasteiger partial charge in [-0.1, -0.05) is 60.7 Å². The van der Waals surface area contributed by atoms with Crippen LogP contribution in [0, 0.1) is 0 Å². The number of hydrogen-bond donors (Lipinski definition) is 1. The maximum atomic E-state index is 11.9. The molecule has 149 valence electrons. The quantitative estimate of drug-likeness (QED) is 0.681. The largest absolute Gasteiger partial charge is 0.477 e. The van der Waals surface area contributed by atoms with Crippen molar-refractivity contribution in [3.63, 3.8) is 0 Å². The minimum atomic E-state index is -0.974. The second kappa shape index (κ2) is 10.4. The summed E-state index contributed by atoms with van der Waals surface area (Å²) in [6.45, 7) is 2.10. The summed E-state index contributed by atoms with van der Waals surface area (Å²) >= 11 is 0. The number of aromatic nitrogens is 1. The average molecular weight is 389 g/mol. The van der Waals surface area contributed by atoms with Crippen LogP contribution >= 0.6 is 0 Å². The summed E-state index contributed by atoms with van der Waals surface area (Å²) in [7, 11) is 0. The highest BCUT2D eigenvalue weighted by Gasteiger charge is 2.13. The normalized spacial score (nSPS) is 14.0. The highest BCUT2D eigenvalue weighted by Crippen LogP contribution is 2.19. The van der Waals surface area contributed by atoms with Crippen molar-refractivity contribution in [3.05, 3.63) is 95.8 Å². The van der Waals surface area contributed by atoms with Crippen LogP contribution in [0.15, 0.2) is 79.0 Å². The molecule has 0 saturated carbocycles. The maximum Gasteiger partial charge on any atom is 0.354 e. The number of pyridine rings is 1. The summed E-state index contributed by atoms with van der Waals surface area (Å²) in [6.07, 6.45) is 3.95. The molecule has 1 aliphatic heterocycles. The SMILES string of the molecule is O=C(O)c1ccc(N2CCCC2)cn1.[O]C(Cc1ccccc1)c1ccccc1. The summed E-state index contributed by atoms with van der Waals surface area (Å²) in [5, 5.41) is 20.6. The Kier molecular flexibility index (Phi) is 7.36. The fourth-order valence-corrected chi connectivity index (χ4v) is 3.29. The number of hydrogen-bond acceptors (Lipinski definition) is 3. The fourth-order valence-electron chi connectivity index (χ4n) is 3.29. The van der Waals surface area contributed by atoms with Crippen LogP contribution in [0.3, 0.4) is 0 Å². The zero-order chi connectivity index (χ0) is 20.5. The first kappa shape index (κ1) is 20.6. The van der Waals surface area contributed by atoms with Crippen molar-refractivity contribution >= 4 is 11.7 Å². The zero-order valence-corrected chi connectivity index (χ0v) is 16.3. The predicted molar refractivity (Wildman–Crippen MR) is 113 cm³/mol. The summed E-state index contributed by atoms with van der Waals surface area (Å²) in [5.41, 5.74) is 3.09. The predicted octanol–water partition coefficient (Wildman–Crippen LogP) is 4.78.